The molecule has 1 rings (SSSR count). The van der Waals surface area contributed by atoms with Gasteiger partial charge in [0, 0.05) is 0 Å². The number of hydrogen-bond acceptors (Lipinski definition) is 4. The molecule has 0 aliphatic rings. The molecule has 1 aromatic rings. The molecule has 17 heavy (non-hydrogen) atoms. The van der Waals surface area contributed by atoms with Gasteiger partial charge in [-0.05, 0) is 38.5 Å². The van der Waals surface area contributed by atoms with Crippen LogP contribution >= 0.6 is 0 Å². The number of aliphatic hydroxyl groups excluding tert-OH is 1. The zero-order valence-electron chi connectivity index (χ0n) is 10.3. The van der Waals surface area contributed by atoms with Gasteiger partial charge in [-0.3, -0.25) is 4.79 Å². The van der Waals surface area contributed by atoms with Gasteiger partial charge in [0.25, 0.3) is 0 Å². The van der Waals surface area contributed by atoms with Crippen LogP contribution < -0.4 is 0 Å². The van der Waals surface area contributed by atoms with Gasteiger partial charge in [0.15, 0.2) is 0 Å². The van der Waals surface area contributed by atoms with E-state index in [1.54, 1.807) is 32.9 Å². The summed E-state index contributed by atoms with van der Waals surface area (Å²) in [6.07, 6.45) is -0.970. The maximum atomic E-state index is 11.7. The highest BCUT2D eigenvalue weighted by molar-refractivity contribution is 5.77. The average molecular weight is 238 g/mol. The van der Waals surface area contributed by atoms with Crippen molar-refractivity contribution in [1.29, 1.82) is 0 Å². The molecule has 94 valence electrons. The summed E-state index contributed by atoms with van der Waals surface area (Å²) >= 11 is 0. The van der Waals surface area contributed by atoms with Crippen molar-refractivity contribution < 1.29 is 19.7 Å². The molecule has 0 aliphatic carbocycles. The molecule has 0 amide bonds. The Kier molecular flexibility index (Phi) is 4.12. The number of phenolic OH excluding ortho intramolecular Hbond substituents is 1. The third-order valence-corrected chi connectivity index (χ3v) is 2.69. The molecule has 0 fully saturated rings. The number of carbonyl (C=O) groups excluding carboxylic acids is 1. The van der Waals surface area contributed by atoms with E-state index in [-0.39, 0.29) is 12.4 Å². The molecule has 1 atom stereocenters. The average Bonchev–Trinajstić information content (AvgIpc) is 2.29. The molecule has 0 saturated heterocycles. The highest BCUT2D eigenvalue weighted by atomic mass is 16.5. The normalized spacial score (nSPS) is 13.2. The number of rotatable bonds is 4. The molecular weight excluding hydrogens is 220 g/mol. The lowest BCUT2D eigenvalue weighted by Gasteiger charge is -2.28. The van der Waals surface area contributed by atoms with Crippen LogP contribution in [0.4, 0.5) is 0 Å². The molecule has 0 heterocycles. The summed E-state index contributed by atoms with van der Waals surface area (Å²) in [5.74, 6) is -0.324. The van der Waals surface area contributed by atoms with Gasteiger partial charge in [-0.1, -0.05) is 12.1 Å². The molecule has 0 bridgehead atoms. The number of aliphatic hydroxyl groups is 1. The van der Waals surface area contributed by atoms with Crippen LogP contribution in [0.25, 0.3) is 0 Å². The monoisotopic (exact) mass is 238 g/mol. The number of phenols is 1. The Labute approximate surface area is 101 Å². The third kappa shape index (κ3) is 2.97. The molecule has 0 saturated carbocycles. The zero-order chi connectivity index (χ0) is 13.1. The topological polar surface area (TPSA) is 66.8 Å². The van der Waals surface area contributed by atoms with E-state index in [0.29, 0.717) is 5.56 Å². The fourth-order valence-corrected chi connectivity index (χ4v) is 1.50. The number of hydrogen-bond donors (Lipinski definition) is 2. The summed E-state index contributed by atoms with van der Waals surface area (Å²) in [5.41, 5.74) is -0.451. The first-order chi connectivity index (χ1) is 7.89. The Morgan fingerprint density at radius 2 is 1.88 bits per heavy atom. The van der Waals surface area contributed by atoms with Gasteiger partial charge in [-0.2, -0.15) is 0 Å². The summed E-state index contributed by atoms with van der Waals surface area (Å²) in [4.78, 5) is 11.7. The van der Waals surface area contributed by atoms with Crippen LogP contribution in [0, 0.1) is 5.41 Å². The van der Waals surface area contributed by atoms with Crippen molar-refractivity contribution in [2.75, 3.05) is 6.61 Å². The lowest BCUT2D eigenvalue weighted by atomic mass is 9.82. The first kappa shape index (κ1) is 13.5. The SMILES string of the molecule is CCOC(=O)C(C)(C)C(O)c1ccc(O)cc1. The van der Waals surface area contributed by atoms with Crippen molar-refractivity contribution in [3.8, 4) is 5.75 Å². The smallest absolute Gasteiger partial charge is 0.314 e. The Hall–Kier alpha value is -1.55. The van der Waals surface area contributed by atoms with Crippen molar-refractivity contribution in [3.05, 3.63) is 29.8 Å². The minimum absolute atomic E-state index is 0.120. The van der Waals surface area contributed by atoms with Crippen molar-refractivity contribution in [3.63, 3.8) is 0 Å². The van der Waals surface area contributed by atoms with E-state index in [2.05, 4.69) is 0 Å². The molecule has 0 aliphatic heterocycles. The minimum Gasteiger partial charge on any atom is -0.508 e. The quantitative estimate of drug-likeness (QED) is 0.787. The maximum absolute atomic E-state index is 11.7. The highest BCUT2D eigenvalue weighted by Gasteiger charge is 2.38. The molecule has 2 N–H and O–H groups in total. The number of esters is 1. The second kappa shape index (κ2) is 5.19. The van der Waals surface area contributed by atoms with Crippen LogP contribution in [-0.4, -0.2) is 22.8 Å². The summed E-state index contributed by atoms with van der Waals surface area (Å²) in [5, 5.41) is 19.3. The molecule has 4 heteroatoms. The Morgan fingerprint density at radius 1 is 1.35 bits per heavy atom. The second-order valence-electron chi connectivity index (χ2n) is 4.44. The van der Waals surface area contributed by atoms with Crippen LogP contribution in [0.1, 0.15) is 32.4 Å². The summed E-state index contributed by atoms with van der Waals surface area (Å²) in [6.45, 7) is 5.26. The first-order valence-corrected chi connectivity index (χ1v) is 5.53. The Bertz CT molecular complexity index is 381. The van der Waals surface area contributed by atoms with Gasteiger partial charge in [0.05, 0.1) is 18.1 Å². The Balaban J connectivity index is 2.91. The van der Waals surface area contributed by atoms with Crippen molar-refractivity contribution in [2.45, 2.75) is 26.9 Å². The number of ether oxygens (including phenoxy) is 1. The van der Waals surface area contributed by atoms with Crippen LogP contribution in [0.3, 0.4) is 0 Å². The fourth-order valence-electron chi connectivity index (χ4n) is 1.50. The predicted molar refractivity (Wildman–Crippen MR) is 63.5 cm³/mol. The molecular formula is C13H18O4. The predicted octanol–water partition coefficient (Wildman–Crippen LogP) is 2.01. The summed E-state index contributed by atoms with van der Waals surface area (Å²) < 4.78 is 4.92. The molecule has 1 aromatic carbocycles. The second-order valence-corrected chi connectivity index (χ2v) is 4.44. The Morgan fingerprint density at radius 3 is 2.35 bits per heavy atom. The standard InChI is InChI=1S/C13H18O4/c1-4-17-12(16)13(2,3)11(15)9-5-7-10(14)8-6-9/h5-8,11,14-15H,4H2,1-3H3. The lowest BCUT2D eigenvalue weighted by Crippen LogP contribution is -2.33. The van der Waals surface area contributed by atoms with Gasteiger partial charge in [-0.25, -0.2) is 0 Å². The number of aromatic hydroxyl groups is 1. The van der Waals surface area contributed by atoms with E-state index in [1.165, 1.54) is 12.1 Å². The van der Waals surface area contributed by atoms with Crippen LogP contribution in [0.15, 0.2) is 24.3 Å². The van der Waals surface area contributed by atoms with Crippen LogP contribution in [0.5, 0.6) is 5.75 Å². The summed E-state index contributed by atoms with van der Waals surface area (Å²) in [6, 6.07) is 6.11. The van der Waals surface area contributed by atoms with E-state index in [4.69, 9.17) is 9.84 Å². The molecule has 4 nitrogen and oxygen atoms in total. The van der Waals surface area contributed by atoms with E-state index >= 15 is 0 Å². The number of carbonyl (C=O) groups is 1. The van der Waals surface area contributed by atoms with Crippen molar-refractivity contribution in [1.82, 2.24) is 0 Å². The van der Waals surface area contributed by atoms with Gasteiger partial charge in [0.2, 0.25) is 0 Å². The van der Waals surface area contributed by atoms with Crippen molar-refractivity contribution >= 4 is 5.97 Å². The van der Waals surface area contributed by atoms with Crippen molar-refractivity contribution in [2.24, 2.45) is 5.41 Å². The van der Waals surface area contributed by atoms with Gasteiger partial charge in [0.1, 0.15) is 5.75 Å². The van der Waals surface area contributed by atoms with Crippen LogP contribution in [0.2, 0.25) is 0 Å². The molecule has 0 aromatic heterocycles. The largest absolute Gasteiger partial charge is 0.508 e. The third-order valence-electron chi connectivity index (χ3n) is 2.69. The maximum Gasteiger partial charge on any atom is 0.314 e. The highest BCUT2D eigenvalue weighted by Crippen LogP contribution is 2.34. The van der Waals surface area contributed by atoms with E-state index in [0.717, 1.165) is 0 Å². The summed E-state index contributed by atoms with van der Waals surface area (Å²) in [7, 11) is 0. The van der Waals surface area contributed by atoms with Gasteiger partial charge in [-0.15, -0.1) is 0 Å². The van der Waals surface area contributed by atoms with E-state index < -0.39 is 17.5 Å². The lowest BCUT2D eigenvalue weighted by molar-refractivity contribution is -0.160. The molecule has 1 unspecified atom stereocenters. The van der Waals surface area contributed by atoms with Gasteiger partial charge < -0.3 is 14.9 Å². The fraction of sp³-hybridized carbons (Fsp3) is 0.462. The number of benzene rings is 1. The molecule has 0 radical (unpaired) electrons. The van der Waals surface area contributed by atoms with Gasteiger partial charge >= 0.3 is 5.97 Å². The molecule has 0 spiro atoms. The minimum atomic E-state index is -1.02. The van der Waals surface area contributed by atoms with Crippen LogP contribution in [-0.2, 0) is 9.53 Å². The zero-order valence-corrected chi connectivity index (χ0v) is 10.3. The van der Waals surface area contributed by atoms with E-state index in [1.807, 2.05) is 0 Å². The van der Waals surface area contributed by atoms with E-state index in [9.17, 15) is 9.90 Å². The first-order valence-electron chi connectivity index (χ1n) is 5.53.